The van der Waals surface area contributed by atoms with Crippen molar-refractivity contribution in [1.82, 2.24) is 0 Å². The third kappa shape index (κ3) is 2.90. The van der Waals surface area contributed by atoms with E-state index in [-0.39, 0.29) is 11.0 Å². The predicted octanol–water partition coefficient (Wildman–Crippen LogP) is 0.171. The molecule has 1 saturated heterocycles. The van der Waals surface area contributed by atoms with E-state index in [4.69, 9.17) is 5.14 Å². The van der Waals surface area contributed by atoms with Crippen LogP contribution in [0.25, 0.3) is 0 Å². The molecule has 1 aliphatic heterocycles. The van der Waals surface area contributed by atoms with Crippen molar-refractivity contribution in [3.05, 3.63) is 0 Å². The maximum Gasteiger partial charge on any atom is 0.210 e. The van der Waals surface area contributed by atoms with Crippen molar-refractivity contribution < 1.29 is 8.42 Å². The Kier molecular flexibility index (Phi) is 2.60. The lowest BCUT2D eigenvalue weighted by Crippen LogP contribution is -2.23. The maximum absolute atomic E-state index is 10.6. The van der Waals surface area contributed by atoms with Gasteiger partial charge in [0.05, 0.1) is 5.75 Å². The fraction of sp³-hybridized carbons (Fsp3) is 1.00. The van der Waals surface area contributed by atoms with Crippen molar-refractivity contribution in [1.29, 1.82) is 0 Å². The van der Waals surface area contributed by atoms with Gasteiger partial charge in [0.1, 0.15) is 0 Å². The van der Waals surface area contributed by atoms with E-state index < -0.39 is 10.0 Å². The second-order valence-electron chi connectivity index (χ2n) is 2.46. The van der Waals surface area contributed by atoms with E-state index >= 15 is 0 Å². The van der Waals surface area contributed by atoms with Gasteiger partial charge in [-0.25, -0.2) is 13.6 Å². The fourth-order valence-electron chi connectivity index (χ4n) is 1.03. The molecule has 3 nitrogen and oxygen atoms in total. The highest BCUT2D eigenvalue weighted by Gasteiger charge is 2.20. The average molecular weight is 181 g/mol. The molecular weight excluding hydrogens is 170 g/mol. The molecule has 0 radical (unpaired) electrons. The van der Waals surface area contributed by atoms with Gasteiger partial charge in [-0.3, -0.25) is 0 Å². The molecule has 1 atom stereocenters. The third-order valence-electron chi connectivity index (χ3n) is 1.44. The number of nitrogens with two attached hydrogens (primary N) is 1. The van der Waals surface area contributed by atoms with Gasteiger partial charge in [0.15, 0.2) is 0 Å². The average Bonchev–Trinajstić information content (AvgIpc) is 2.12. The van der Waals surface area contributed by atoms with Crippen molar-refractivity contribution >= 4 is 21.8 Å². The summed E-state index contributed by atoms with van der Waals surface area (Å²) in [5, 5.41) is 5.13. The van der Waals surface area contributed by atoms with Gasteiger partial charge in [0.25, 0.3) is 0 Å². The molecule has 0 aliphatic carbocycles. The number of hydrogen-bond acceptors (Lipinski definition) is 3. The first-order chi connectivity index (χ1) is 4.58. The molecular formula is C5H11NO2S2. The van der Waals surface area contributed by atoms with E-state index in [1.165, 1.54) is 0 Å². The van der Waals surface area contributed by atoms with Crippen LogP contribution in [-0.2, 0) is 10.0 Å². The van der Waals surface area contributed by atoms with Gasteiger partial charge in [-0.05, 0) is 18.6 Å². The molecule has 1 fully saturated rings. The molecule has 1 aliphatic rings. The monoisotopic (exact) mass is 181 g/mol. The Balaban J connectivity index is 2.38. The summed E-state index contributed by atoms with van der Waals surface area (Å²) < 4.78 is 21.1. The van der Waals surface area contributed by atoms with Gasteiger partial charge in [-0.15, -0.1) is 0 Å². The van der Waals surface area contributed by atoms with Crippen molar-refractivity contribution in [3.63, 3.8) is 0 Å². The third-order valence-corrected chi connectivity index (χ3v) is 3.92. The molecule has 10 heavy (non-hydrogen) atoms. The molecule has 5 heteroatoms. The van der Waals surface area contributed by atoms with Crippen molar-refractivity contribution in [2.75, 3.05) is 11.5 Å². The summed E-state index contributed by atoms with van der Waals surface area (Å²) in [7, 11) is -3.23. The van der Waals surface area contributed by atoms with Crippen molar-refractivity contribution in [2.24, 2.45) is 5.14 Å². The van der Waals surface area contributed by atoms with E-state index in [0.717, 1.165) is 18.6 Å². The molecule has 1 unspecified atom stereocenters. The highest BCUT2D eigenvalue weighted by atomic mass is 32.2. The SMILES string of the molecule is NS(=O)(=O)CC1CCCS1. The molecule has 2 N–H and O–H groups in total. The smallest absolute Gasteiger partial charge is 0.210 e. The topological polar surface area (TPSA) is 60.2 Å². The first kappa shape index (κ1) is 8.36. The summed E-state index contributed by atoms with van der Waals surface area (Å²) in [5.41, 5.74) is 0. The largest absolute Gasteiger partial charge is 0.229 e. The highest BCUT2D eigenvalue weighted by molar-refractivity contribution is 8.01. The zero-order valence-electron chi connectivity index (χ0n) is 5.62. The van der Waals surface area contributed by atoms with Gasteiger partial charge in [-0.2, -0.15) is 11.8 Å². The van der Waals surface area contributed by atoms with Crippen molar-refractivity contribution in [3.8, 4) is 0 Å². The summed E-state index contributed by atoms with van der Waals surface area (Å²) in [5.74, 6) is 1.23. The van der Waals surface area contributed by atoms with Crippen LogP contribution in [0.2, 0.25) is 0 Å². The first-order valence-corrected chi connectivity index (χ1v) is 5.96. The zero-order valence-corrected chi connectivity index (χ0v) is 7.25. The van der Waals surface area contributed by atoms with Crippen LogP contribution >= 0.6 is 11.8 Å². The zero-order chi connectivity index (χ0) is 7.61. The lowest BCUT2D eigenvalue weighted by Gasteiger charge is -2.03. The van der Waals surface area contributed by atoms with Crippen LogP contribution in [0.3, 0.4) is 0 Å². The van der Waals surface area contributed by atoms with Crippen molar-refractivity contribution in [2.45, 2.75) is 18.1 Å². The lowest BCUT2D eigenvalue weighted by molar-refractivity contribution is 0.595. The van der Waals surface area contributed by atoms with E-state index in [9.17, 15) is 8.42 Å². The molecule has 0 spiro atoms. The van der Waals surface area contributed by atoms with Crippen LogP contribution in [0.1, 0.15) is 12.8 Å². The molecule has 0 bridgehead atoms. The van der Waals surface area contributed by atoms with Crippen LogP contribution < -0.4 is 5.14 Å². The quantitative estimate of drug-likeness (QED) is 0.660. The second kappa shape index (κ2) is 3.11. The molecule has 0 aromatic carbocycles. The Morgan fingerprint density at radius 1 is 1.60 bits per heavy atom. The molecule has 60 valence electrons. The number of hydrogen-bond donors (Lipinski definition) is 1. The van der Waals surface area contributed by atoms with Crippen LogP contribution in [0.15, 0.2) is 0 Å². The minimum Gasteiger partial charge on any atom is -0.229 e. The lowest BCUT2D eigenvalue weighted by atomic mass is 10.3. The molecule has 0 aromatic heterocycles. The molecule has 0 saturated carbocycles. The Labute approximate surface area is 65.4 Å². The first-order valence-electron chi connectivity index (χ1n) is 3.20. The molecule has 0 aromatic rings. The van der Waals surface area contributed by atoms with E-state index in [0.29, 0.717) is 0 Å². The summed E-state index contributed by atoms with van der Waals surface area (Å²) in [6, 6.07) is 0. The maximum atomic E-state index is 10.6. The van der Waals surface area contributed by atoms with E-state index in [1.54, 1.807) is 11.8 Å². The van der Waals surface area contributed by atoms with Crippen LogP contribution in [0, 0.1) is 0 Å². The van der Waals surface area contributed by atoms with Gasteiger partial charge >= 0.3 is 0 Å². The fourth-order valence-corrected chi connectivity index (χ4v) is 3.67. The summed E-state index contributed by atoms with van der Waals surface area (Å²) >= 11 is 1.71. The number of sulfonamides is 1. The number of primary sulfonamides is 1. The predicted molar refractivity (Wildman–Crippen MR) is 43.5 cm³/mol. The molecule has 1 heterocycles. The Morgan fingerprint density at radius 3 is 2.70 bits per heavy atom. The van der Waals surface area contributed by atoms with Gasteiger partial charge in [-0.1, -0.05) is 0 Å². The van der Waals surface area contributed by atoms with Gasteiger partial charge < -0.3 is 0 Å². The van der Waals surface area contributed by atoms with Crippen LogP contribution in [0.4, 0.5) is 0 Å². The number of rotatable bonds is 2. The second-order valence-corrected chi connectivity index (χ2v) is 5.53. The summed E-state index contributed by atoms with van der Waals surface area (Å²) in [6.07, 6.45) is 2.13. The van der Waals surface area contributed by atoms with Gasteiger partial charge in [0.2, 0.25) is 10.0 Å². The summed E-state index contributed by atoms with van der Waals surface area (Å²) in [4.78, 5) is 0. The minimum absolute atomic E-state index is 0.150. The standard InChI is InChI=1S/C5H11NO2S2/c6-10(7,8)4-5-2-1-3-9-5/h5H,1-4H2,(H2,6,7,8). The Hall–Kier alpha value is 0.260. The van der Waals surface area contributed by atoms with E-state index in [1.807, 2.05) is 0 Å². The molecule has 0 amide bonds. The van der Waals surface area contributed by atoms with Crippen LogP contribution in [-0.4, -0.2) is 25.2 Å². The van der Waals surface area contributed by atoms with Crippen LogP contribution in [0.5, 0.6) is 0 Å². The Morgan fingerprint density at radius 2 is 2.30 bits per heavy atom. The number of thioether (sulfide) groups is 1. The minimum atomic E-state index is -3.23. The Bertz CT molecular complexity index is 194. The van der Waals surface area contributed by atoms with E-state index in [2.05, 4.69) is 0 Å². The van der Waals surface area contributed by atoms with Gasteiger partial charge in [0, 0.05) is 5.25 Å². The highest BCUT2D eigenvalue weighted by Crippen LogP contribution is 2.26. The normalized spacial score (nSPS) is 27.1. The molecule has 1 rings (SSSR count). The summed E-state index contributed by atoms with van der Waals surface area (Å²) in [6.45, 7) is 0.